The fraction of sp³-hybridized carbons (Fsp3) is 0.259. The lowest BCUT2D eigenvalue weighted by Crippen LogP contribution is -2.34. The van der Waals surface area contributed by atoms with Crippen molar-refractivity contribution in [1.82, 2.24) is 5.32 Å². The second kappa shape index (κ2) is 12.5. The standard InChI is InChI=1S/C27H31N3O4S2/c1-4-30(23-8-6-5-7-9-23)36(32,33)25-16-12-22(13-17-25)28-27(35)29-26(31)21-10-14-24(15-11-21)34-19-18-20(2)3/h5-17,20H,4,18-19H2,1-3H3,(H2,28,29,31,35). The summed E-state index contributed by atoms with van der Waals surface area (Å²) in [7, 11) is -3.73. The van der Waals surface area contributed by atoms with Gasteiger partial charge in [-0.3, -0.25) is 14.4 Å². The Morgan fingerprint density at radius 1 is 0.972 bits per heavy atom. The molecule has 0 unspecified atom stereocenters. The van der Waals surface area contributed by atoms with Gasteiger partial charge in [0.25, 0.3) is 15.9 Å². The number of nitrogens with zero attached hydrogens (tertiary/aromatic N) is 1. The van der Waals surface area contributed by atoms with Gasteiger partial charge in [-0.05, 0) is 92.1 Å². The molecule has 0 saturated carbocycles. The van der Waals surface area contributed by atoms with Gasteiger partial charge in [0.15, 0.2) is 5.11 Å². The van der Waals surface area contributed by atoms with Crippen LogP contribution in [0.2, 0.25) is 0 Å². The lowest BCUT2D eigenvalue weighted by atomic mass is 10.1. The Morgan fingerprint density at radius 2 is 1.61 bits per heavy atom. The number of anilines is 2. The summed E-state index contributed by atoms with van der Waals surface area (Å²) < 4.78 is 33.3. The molecule has 0 heterocycles. The van der Waals surface area contributed by atoms with Crippen molar-refractivity contribution in [3.8, 4) is 5.75 Å². The molecule has 0 radical (unpaired) electrons. The zero-order chi connectivity index (χ0) is 26.1. The highest BCUT2D eigenvalue weighted by atomic mass is 32.2. The molecule has 2 N–H and O–H groups in total. The molecule has 3 aromatic rings. The van der Waals surface area contributed by atoms with E-state index >= 15 is 0 Å². The Labute approximate surface area is 218 Å². The van der Waals surface area contributed by atoms with Crippen molar-refractivity contribution < 1.29 is 17.9 Å². The SMILES string of the molecule is CCN(c1ccccc1)S(=O)(=O)c1ccc(NC(=S)NC(=O)c2ccc(OCCC(C)C)cc2)cc1. The third-order valence-electron chi connectivity index (χ3n) is 5.34. The Bertz CT molecular complexity index is 1260. The molecular formula is C27H31N3O4S2. The van der Waals surface area contributed by atoms with Gasteiger partial charge in [-0.2, -0.15) is 0 Å². The van der Waals surface area contributed by atoms with Gasteiger partial charge >= 0.3 is 0 Å². The Morgan fingerprint density at radius 3 is 2.19 bits per heavy atom. The molecule has 3 aromatic carbocycles. The average molecular weight is 526 g/mol. The highest BCUT2D eigenvalue weighted by molar-refractivity contribution is 7.92. The topological polar surface area (TPSA) is 87.7 Å². The fourth-order valence-electron chi connectivity index (χ4n) is 3.38. The number of carbonyl (C=O) groups is 1. The third-order valence-corrected chi connectivity index (χ3v) is 7.46. The van der Waals surface area contributed by atoms with Crippen molar-refractivity contribution in [1.29, 1.82) is 0 Å². The van der Waals surface area contributed by atoms with E-state index in [2.05, 4.69) is 24.5 Å². The molecule has 36 heavy (non-hydrogen) atoms. The average Bonchev–Trinajstić information content (AvgIpc) is 2.85. The van der Waals surface area contributed by atoms with E-state index in [9.17, 15) is 13.2 Å². The number of ether oxygens (including phenoxy) is 1. The van der Waals surface area contributed by atoms with Crippen molar-refractivity contribution >= 4 is 44.6 Å². The number of rotatable bonds is 10. The monoisotopic (exact) mass is 525 g/mol. The van der Waals surface area contributed by atoms with E-state index in [0.29, 0.717) is 41.8 Å². The lowest BCUT2D eigenvalue weighted by molar-refractivity contribution is 0.0977. The largest absolute Gasteiger partial charge is 0.494 e. The molecule has 0 bridgehead atoms. The van der Waals surface area contributed by atoms with Gasteiger partial charge in [-0.25, -0.2) is 8.42 Å². The highest BCUT2D eigenvalue weighted by Crippen LogP contribution is 2.24. The van der Waals surface area contributed by atoms with Crippen LogP contribution in [0.3, 0.4) is 0 Å². The summed E-state index contributed by atoms with van der Waals surface area (Å²) >= 11 is 5.26. The lowest BCUT2D eigenvalue weighted by Gasteiger charge is -2.23. The molecule has 7 nitrogen and oxygen atoms in total. The van der Waals surface area contributed by atoms with Gasteiger partial charge in [-0.1, -0.05) is 32.0 Å². The Hall–Kier alpha value is -3.43. The smallest absolute Gasteiger partial charge is 0.264 e. The van der Waals surface area contributed by atoms with Crippen LogP contribution in [-0.4, -0.2) is 32.6 Å². The third kappa shape index (κ3) is 7.29. The van der Waals surface area contributed by atoms with Crippen LogP contribution in [0.15, 0.2) is 83.8 Å². The van der Waals surface area contributed by atoms with Gasteiger partial charge in [0.05, 0.1) is 17.2 Å². The number of hydrogen-bond acceptors (Lipinski definition) is 5. The summed E-state index contributed by atoms with van der Waals surface area (Å²) in [5, 5.41) is 5.65. The van der Waals surface area contributed by atoms with E-state index in [1.807, 2.05) is 6.07 Å². The number of thiocarbonyl (C=S) groups is 1. The van der Waals surface area contributed by atoms with Crippen molar-refractivity contribution in [3.05, 3.63) is 84.4 Å². The molecule has 1 amide bonds. The molecule has 0 fully saturated rings. The second-order valence-electron chi connectivity index (χ2n) is 8.49. The van der Waals surface area contributed by atoms with Crippen LogP contribution >= 0.6 is 12.2 Å². The summed E-state index contributed by atoms with van der Waals surface area (Å²) in [6.45, 7) is 6.98. The van der Waals surface area contributed by atoms with Gasteiger partial charge in [0.2, 0.25) is 0 Å². The number of amides is 1. The summed E-state index contributed by atoms with van der Waals surface area (Å²) in [6.07, 6.45) is 0.957. The van der Waals surface area contributed by atoms with E-state index < -0.39 is 10.0 Å². The molecule has 0 atom stereocenters. The summed E-state index contributed by atoms with van der Waals surface area (Å²) in [5.74, 6) is 0.906. The van der Waals surface area contributed by atoms with Gasteiger partial charge in [-0.15, -0.1) is 0 Å². The van der Waals surface area contributed by atoms with E-state index in [4.69, 9.17) is 17.0 Å². The first-order valence-corrected chi connectivity index (χ1v) is 13.6. The number of benzene rings is 3. The molecule has 0 spiro atoms. The van der Waals surface area contributed by atoms with Crippen LogP contribution in [0.5, 0.6) is 5.75 Å². The van der Waals surface area contributed by atoms with Crippen molar-refractivity contribution in [2.75, 3.05) is 22.8 Å². The highest BCUT2D eigenvalue weighted by Gasteiger charge is 2.23. The Kier molecular flexibility index (Phi) is 9.44. The fourth-order valence-corrected chi connectivity index (χ4v) is 5.06. The molecule has 0 aromatic heterocycles. The van der Waals surface area contributed by atoms with E-state index in [0.717, 1.165) is 6.42 Å². The minimum Gasteiger partial charge on any atom is -0.494 e. The number of sulfonamides is 1. The normalized spacial score (nSPS) is 11.1. The molecule has 0 saturated heterocycles. The van der Waals surface area contributed by atoms with Crippen molar-refractivity contribution in [3.63, 3.8) is 0 Å². The zero-order valence-electron chi connectivity index (χ0n) is 20.6. The molecule has 190 valence electrons. The van der Waals surface area contributed by atoms with Crippen LogP contribution in [0.1, 0.15) is 37.6 Å². The molecule has 3 rings (SSSR count). The summed E-state index contributed by atoms with van der Waals surface area (Å²) in [4.78, 5) is 12.7. The van der Waals surface area contributed by atoms with Gasteiger partial charge in [0, 0.05) is 17.8 Å². The number of carbonyl (C=O) groups excluding carboxylic acids is 1. The maximum absolute atomic E-state index is 13.1. The molecule has 9 heteroatoms. The predicted octanol–water partition coefficient (Wildman–Crippen LogP) is 5.45. The van der Waals surface area contributed by atoms with Crippen LogP contribution in [0.25, 0.3) is 0 Å². The minimum atomic E-state index is -3.73. The van der Waals surface area contributed by atoms with Crippen molar-refractivity contribution in [2.24, 2.45) is 5.92 Å². The molecular weight excluding hydrogens is 494 g/mol. The second-order valence-corrected chi connectivity index (χ2v) is 10.8. The van der Waals surface area contributed by atoms with Crippen LogP contribution in [0.4, 0.5) is 11.4 Å². The first kappa shape index (κ1) is 27.2. The first-order valence-electron chi connectivity index (χ1n) is 11.7. The predicted molar refractivity (Wildman–Crippen MR) is 148 cm³/mol. The first-order chi connectivity index (χ1) is 17.2. The summed E-state index contributed by atoms with van der Waals surface area (Å²) in [5.41, 5.74) is 1.59. The van der Waals surface area contributed by atoms with Crippen molar-refractivity contribution in [2.45, 2.75) is 32.1 Å². The minimum absolute atomic E-state index is 0.104. The number of para-hydroxylation sites is 1. The maximum atomic E-state index is 13.1. The number of nitrogens with one attached hydrogen (secondary N) is 2. The summed E-state index contributed by atoms with van der Waals surface area (Å²) in [6, 6.07) is 22.0. The number of hydrogen-bond donors (Lipinski definition) is 2. The van der Waals surface area contributed by atoms with Gasteiger partial charge in [0.1, 0.15) is 5.75 Å². The molecule has 0 aliphatic carbocycles. The van der Waals surface area contributed by atoms with E-state index in [1.165, 1.54) is 16.4 Å². The quantitative estimate of drug-likeness (QED) is 0.342. The molecule has 0 aliphatic rings. The van der Waals surface area contributed by atoms with E-state index in [1.54, 1.807) is 67.6 Å². The van der Waals surface area contributed by atoms with Gasteiger partial charge < -0.3 is 10.1 Å². The van der Waals surface area contributed by atoms with Crippen LogP contribution < -0.4 is 19.7 Å². The van der Waals surface area contributed by atoms with E-state index in [-0.39, 0.29) is 15.9 Å². The van der Waals surface area contributed by atoms with Crippen LogP contribution in [0, 0.1) is 5.92 Å². The zero-order valence-corrected chi connectivity index (χ0v) is 22.2. The molecule has 0 aliphatic heterocycles. The maximum Gasteiger partial charge on any atom is 0.264 e. The Balaban J connectivity index is 1.58. The van der Waals surface area contributed by atoms with Crippen LogP contribution in [-0.2, 0) is 10.0 Å².